The van der Waals surface area contributed by atoms with E-state index in [1.807, 2.05) is 24.3 Å². The molecule has 106 valence electrons. The highest BCUT2D eigenvalue weighted by molar-refractivity contribution is 5.45. The molecule has 0 amide bonds. The van der Waals surface area contributed by atoms with Gasteiger partial charge in [-0.2, -0.15) is 0 Å². The minimum Gasteiger partial charge on any atom is -0.396 e. The van der Waals surface area contributed by atoms with Crippen molar-refractivity contribution < 1.29 is 13.9 Å². The molecule has 20 heavy (non-hydrogen) atoms. The second-order valence-corrected chi connectivity index (χ2v) is 4.57. The first-order valence-electron chi connectivity index (χ1n) is 6.49. The average molecular weight is 277 g/mol. The van der Waals surface area contributed by atoms with E-state index >= 15 is 0 Å². The third kappa shape index (κ3) is 4.03. The highest BCUT2D eigenvalue weighted by Gasteiger charge is 2.05. The molecule has 0 aliphatic heterocycles. The van der Waals surface area contributed by atoms with Crippen LogP contribution in [-0.2, 0) is 13.0 Å². The first kappa shape index (κ1) is 14.5. The standard InChI is InChI=1S/C16H17F2NO/c17-16(18)14-5-1-13(2-6-14)11-19-15-7-3-12(4-8-15)9-10-20/h1-8,16,19-20H,9-11H2. The van der Waals surface area contributed by atoms with Crippen molar-refractivity contribution in [3.63, 3.8) is 0 Å². The number of aliphatic hydroxyl groups excluding tert-OH is 1. The zero-order chi connectivity index (χ0) is 14.4. The number of hydrogen-bond donors (Lipinski definition) is 2. The maximum absolute atomic E-state index is 12.4. The van der Waals surface area contributed by atoms with Gasteiger partial charge in [0, 0.05) is 24.4 Å². The summed E-state index contributed by atoms with van der Waals surface area (Å²) in [6.45, 7) is 0.728. The summed E-state index contributed by atoms with van der Waals surface area (Å²) in [5.41, 5.74) is 3.04. The number of anilines is 1. The minimum atomic E-state index is -2.42. The molecule has 0 atom stereocenters. The summed E-state index contributed by atoms with van der Waals surface area (Å²) in [6, 6.07) is 14.1. The van der Waals surface area contributed by atoms with Gasteiger partial charge in [-0.15, -0.1) is 0 Å². The Morgan fingerprint density at radius 3 is 2.05 bits per heavy atom. The lowest BCUT2D eigenvalue weighted by molar-refractivity contribution is 0.151. The highest BCUT2D eigenvalue weighted by atomic mass is 19.3. The van der Waals surface area contributed by atoms with Gasteiger partial charge in [0.2, 0.25) is 0 Å². The number of aliphatic hydroxyl groups is 1. The lowest BCUT2D eigenvalue weighted by atomic mass is 10.1. The van der Waals surface area contributed by atoms with Crippen LogP contribution < -0.4 is 5.32 Å². The van der Waals surface area contributed by atoms with Crippen molar-refractivity contribution in [1.29, 1.82) is 0 Å². The molecule has 0 fully saturated rings. The number of hydrogen-bond acceptors (Lipinski definition) is 2. The van der Waals surface area contributed by atoms with Crippen molar-refractivity contribution in [1.82, 2.24) is 0 Å². The molecule has 0 radical (unpaired) electrons. The van der Waals surface area contributed by atoms with Crippen LogP contribution in [0.4, 0.5) is 14.5 Å². The normalized spacial score (nSPS) is 10.8. The number of nitrogens with one attached hydrogen (secondary N) is 1. The molecule has 0 unspecified atom stereocenters. The number of halogens is 2. The van der Waals surface area contributed by atoms with Crippen LogP contribution in [0.3, 0.4) is 0 Å². The van der Waals surface area contributed by atoms with Crippen molar-refractivity contribution in [2.75, 3.05) is 11.9 Å². The van der Waals surface area contributed by atoms with Crippen molar-refractivity contribution in [2.45, 2.75) is 19.4 Å². The molecule has 2 rings (SSSR count). The van der Waals surface area contributed by atoms with Crippen LogP contribution in [0.15, 0.2) is 48.5 Å². The highest BCUT2D eigenvalue weighted by Crippen LogP contribution is 2.19. The summed E-state index contributed by atoms with van der Waals surface area (Å²) in [5, 5.41) is 12.1. The van der Waals surface area contributed by atoms with E-state index in [0.29, 0.717) is 13.0 Å². The quantitative estimate of drug-likeness (QED) is 0.842. The zero-order valence-electron chi connectivity index (χ0n) is 11.0. The zero-order valence-corrected chi connectivity index (χ0v) is 11.0. The molecular formula is C16H17F2NO. The number of rotatable bonds is 6. The first-order valence-corrected chi connectivity index (χ1v) is 6.49. The number of alkyl halides is 2. The third-order valence-electron chi connectivity index (χ3n) is 3.08. The molecule has 2 aromatic carbocycles. The van der Waals surface area contributed by atoms with Crippen LogP contribution in [0, 0.1) is 0 Å². The minimum absolute atomic E-state index is 0.0436. The molecule has 0 aromatic heterocycles. The summed E-state index contributed by atoms with van der Waals surface area (Å²) in [5.74, 6) is 0. The fraction of sp³-hybridized carbons (Fsp3) is 0.250. The van der Waals surface area contributed by atoms with Crippen LogP contribution >= 0.6 is 0 Å². The Balaban J connectivity index is 1.91. The Morgan fingerprint density at radius 1 is 0.900 bits per heavy atom. The van der Waals surface area contributed by atoms with E-state index in [-0.39, 0.29) is 12.2 Å². The lowest BCUT2D eigenvalue weighted by Crippen LogP contribution is -2.00. The van der Waals surface area contributed by atoms with Crippen molar-refractivity contribution in [3.05, 3.63) is 65.2 Å². The van der Waals surface area contributed by atoms with Gasteiger partial charge in [-0.3, -0.25) is 0 Å². The molecule has 2 N–H and O–H groups in total. The van der Waals surface area contributed by atoms with Crippen LogP contribution in [0.2, 0.25) is 0 Å². The molecule has 2 aromatic rings. The van der Waals surface area contributed by atoms with Gasteiger partial charge < -0.3 is 10.4 Å². The molecule has 0 aliphatic carbocycles. The van der Waals surface area contributed by atoms with E-state index in [1.165, 1.54) is 12.1 Å². The van der Waals surface area contributed by atoms with Gasteiger partial charge in [-0.25, -0.2) is 8.78 Å². The molecule has 2 nitrogen and oxygen atoms in total. The fourth-order valence-corrected chi connectivity index (χ4v) is 1.90. The molecule has 0 heterocycles. The maximum Gasteiger partial charge on any atom is 0.263 e. The lowest BCUT2D eigenvalue weighted by Gasteiger charge is -2.08. The fourth-order valence-electron chi connectivity index (χ4n) is 1.90. The Morgan fingerprint density at radius 2 is 1.50 bits per heavy atom. The maximum atomic E-state index is 12.4. The second-order valence-electron chi connectivity index (χ2n) is 4.57. The monoisotopic (exact) mass is 277 g/mol. The summed E-state index contributed by atoms with van der Waals surface area (Å²) in [4.78, 5) is 0. The summed E-state index contributed by atoms with van der Waals surface area (Å²) < 4.78 is 24.8. The van der Waals surface area contributed by atoms with Gasteiger partial charge in [0.05, 0.1) is 0 Å². The first-order chi connectivity index (χ1) is 9.69. The van der Waals surface area contributed by atoms with Gasteiger partial charge in [0.25, 0.3) is 6.43 Å². The number of benzene rings is 2. The van der Waals surface area contributed by atoms with E-state index in [1.54, 1.807) is 12.1 Å². The van der Waals surface area contributed by atoms with E-state index in [9.17, 15) is 8.78 Å². The van der Waals surface area contributed by atoms with Crippen molar-refractivity contribution >= 4 is 5.69 Å². The Kier molecular flexibility index (Phi) is 5.07. The average Bonchev–Trinajstić information content (AvgIpc) is 2.47. The predicted octanol–water partition coefficient (Wildman–Crippen LogP) is 3.77. The SMILES string of the molecule is OCCc1ccc(NCc2ccc(C(F)F)cc2)cc1. The predicted molar refractivity (Wildman–Crippen MR) is 76.0 cm³/mol. The van der Waals surface area contributed by atoms with Gasteiger partial charge in [-0.1, -0.05) is 36.4 Å². The summed E-state index contributed by atoms with van der Waals surface area (Å²) in [6.07, 6.45) is -1.77. The van der Waals surface area contributed by atoms with E-state index in [4.69, 9.17) is 5.11 Å². The molecule has 0 saturated carbocycles. The summed E-state index contributed by atoms with van der Waals surface area (Å²) >= 11 is 0. The van der Waals surface area contributed by atoms with E-state index in [0.717, 1.165) is 16.8 Å². The van der Waals surface area contributed by atoms with Crippen LogP contribution in [0.5, 0.6) is 0 Å². The summed E-state index contributed by atoms with van der Waals surface area (Å²) in [7, 11) is 0. The third-order valence-corrected chi connectivity index (χ3v) is 3.08. The molecule has 0 bridgehead atoms. The largest absolute Gasteiger partial charge is 0.396 e. The van der Waals surface area contributed by atoms with Crippen LogP contribution in [-0.4, -0.2) is 11.7 Å². The Hall–Kier alpha value is -1.94. The van der Waals surface area contributed by atoms with Gasteiger partial charge >= 0.3 is 0 Å². The topological polar surface area (TPSA) is 32.3 Å². The van der Waals surface area contributed by atoms with Crippen molar-refractivity contribution in [3.8, 4) is 0 Å². The Labute approximate surface area is 117 Å². The van der Waals surface area contributed by atoms with Gasteiger partial charge in [0.1, 0.15) is 0 Å². The molecule has 0 saturated heterocycles. The molecule has 0 spiro atoms. The van der Waals surface area contributed by atoms with Crippen LogP contribution in [0.1, 0.15) is 23.1 Å². The smallest absolute Gasteiger partial charge is 0.263 e. The molecule has 0 aliphatic rings. The van der Waals surface area contributed by atoms with E-state index < -0.39 is 6.43 Å². The van der Waals surface area contributed by atoms with Crippen molar-refractivity contribution in [2.24, 2.45) is 0 Å². The van der Waals surface area contributed by atoms with Crippen LogP contribution in [0.25, 0.3) is 0 Å². The van der Waals surface area contributed by atoms with Gasteiger partial charge in [-0.05, 0) is 29.7 Å². The molecule has 4 heteroatoms. The van der Waals surface area contributed by atoms with E-state index in [2.05, 4.69) is 5.32 Å². The van der Waals surface area contributed by atoms with Gasteiger partial charge in [0.15, 0.2) is 0 Å². The second kappa shape index (κ2) is 7.01. The molecular weight excluding hydrogens is 260 g/mol. The Bertz CT molecular complexity index is 523.